The second-order valence-corrected chi connectivity index (χ2v) is 4.11. The molecule has 0 spiro atoms. The number of nitrogens with one attached hydrogen (secondary N) is 2. The minimum atomic E-state index is -0.0353. The molecule has 2 fully saturated rings. The maximum absolute atomic E-state index is 10.9. The summed E-state index contributed by atoms with van der Waals surface area (Å²) in [7, 11) is 0. The molecular weight excluding hydrogens is 178 g/mol. The number of aldehydes is 1. The molecule has 0 saturated carbocycles. The summed E-state index contributed by atoms with van der Waals surface area (Å²) < 4.78 is 0. The van der Waals surface area contributed by atoms with Crippen LogP contribution in [0.3, 0.4) is 0 Å². The lowest BCUT2D eigenvalue weighted by Crippen LogP contribution is -2.58. The van der Waals surface area contributed by atoms with E-state index in [4.69, 9.17) is 0 Å². The zero-order valence-electron chi connectivity index (χ0n) is 8.54. The van der Waals surface area contributed by atoms with E-state index in [2.05, 4.69) is 15.5 Å². The van der Waals surface area contributed by atoms with Gasteiger partial charge >= 0.3 is 0 Å². The van der Waals surface area contributed by atoms with Crippen LogP contribution in [-0.4, -0.2) is 49.6 Å². The normalized spacial score (nSPS) is 31.6. The fourth-order valence-corrected chi connectivity index (χ4v) is 2.44. The number of carbonyl (C=O) groups excluding carboxylic acids is 1. The Bertz CT molecular complexity index is 192. The molecule has 4 heteroatoms. The van der Waals surface area contributed by atoms with Crippen LogP contribution in [0.15, 0.2) is 0 Å². The molecule has 0 bridgehead atoms. The predicted octanol–water partition coefficient (Wildman–Crippen LogP) is -0.441. The number of rotatable bonds is 2. The summed E-state index contributed by atoms with van der Waals surface area (Å²) in [5.41, 5.74) is 0. The molecule has 2 N–H and O–H groups in total. The van der Waals surface area contributed by atoms with Crippen molar-refractivity contribution in [1.29, 1.82) is 0 Å². The SMILES string of the molecule is O=CC1NCCCN1C1CCNCC1. The average Bonchev–Trinajstić information content (AvgIpc) is 2.30. The van der Waals surface area contributed by atoms with E-state index < -0.39 is 0 Å². The van der Waals surface area contributed by atoms with Gasteiger partial charge in [-0.1, -0.05) is 0 Å². The zero-order valence-corrected chi connectivity index (χ0v) is 8.54. The predicted molar refractivity (Wildman–Crippen MR) is 55.1 cm³/mol. The molecule has 2 heterocycles. The van der Waals surface area contributed by atoms with Crippen molar-refractivity contribution in [2.75, 3.05) is 26.2 Å². The molecule has 2 rings (SSSR count). The van der Waals surface area contributed by atoms with Gasteiger partial charge in [-0.2, -0.15) is 0 Å². The molecule has 80 valence electrons. The first-order valence-corrected chi connectivity index (χ1v) is 5.57. The van der Waals surface area contributed by atoms with Gasteiger partial charge in [0.05, 0.1) is 0 Å². The molecule has 0 aromatic heterocycles. The second kappa shape index (κ2) is 4.87. The van der Waals surface area contributed by atoms with Crippen LogP contribution in [0.5, 0.6) is 0 Å². The number of carbonyl (C=O) groups is 1. The van der Waals surface area contributed by atoms with Crippen molar-refractivity contribution in [2.45, 2.75) is 31.5 Å². The first kappa shape index (κ1) is 10.1. The van der Waals surface area contributed by atoms with Gasteiger partial charge in [0.15, 0.2) is 6.29 Å². The Morgan fingerprint density at radius 3 is 2.71 bits per heavy atom. The molecular formula is C10H19N3O. The molecule has 2 aliphatic rings. The van der Waals surface area contributed by atoms with Crippen molar-refractivity contribution < 1.29 is 4.79 Å². The van der Waals surface area contributed by atoms with E-state index in [1.165, 1.54) is 12.8 Å². The van der Waals surface area contributed by atoms with Crippen molar-refractivity contribution in [3.63, 3.8) is 0 Å². The van der Waals surface area contributed by atoms with Crippen molar-refractivity contribution in [3.05, 3.63) is 0 Å². The highest BCUT2D eigenvalue weighted by Crippen LogP contribution is 2.15. The molecule has 0 radical (unpaired) electrons. The molecule has 2 saturated heterocycles. The highest BCUT2D eigenvalue weighted by atomic mass is 16.1. The Morgan fingerprint density at radius 2 is 2.00 bits per heavy atom. The van der Waals surface area contributed by atoms with E-state index in [0.717, 1.165) is 38.9 Å². The third-order valence-electron chi connectivity index (χ3n) is 3.21. The Labute approximate surface area is 85.0 Å². The summed E-state index contributed by atoms with van der Waals surface area (Å²) in [6.07, 6.45) is 4.51. The molecule has 0 amide bonds. The number of hydrogen-bond donors (Lipinski definition) is 2. The summed E-state index contributed by atoms with van der Waals surface area (Å²) in [6.45, 7) is 4.23. The number of nitrogens with zero attached hydrogens (tertiary/aromatic N) is 1. The van der Waals surface area contributed by atoms with Crippen LogP contribution in [0.4, 0.5) is 0 Å². The average molecular weight is 197 g/mol. The molecule has 2 aliphatic heterocycles. The fourth-order valence-electron chi connectivity index (χ4n) is 2.44. The third kappa shape index (κ3) is 2.13. The summed E-state index contributed by atoms with van der Waals surface area (Å²) in [6, 6.07) is 0.597. The monoisotopic (exact) mass is 197 g/mol. The second-order valence-electron chi connectivity index (χ2n) is 4.11. The highest BCUT2D eigenvalue weighted by Gasteiger charge is 2.28. The third-order valence-corrected chi connectivity index (χ3v) is 3.21. The molecule has 1 atom stereocenters. The molecule has 14 heavy (non-hydrogen) atoms. The maximum Gasteiger partial charge on any atom is 0.151 e. The lowest BCUT2D eigenvalue weighted by Gasteiger charge is -2.41. The first-order valence-electron chi connectivity index (χ1n) is 5.57. The summed E-state index contributed by atoms with van der Waals surface area (Å²) in [4.78, 5) is 13.2. The zero-order chi connectivity index (χ0) is 9.80. The Kier molecular flexibility index (Phi) is 3.50. The standard InChI is InChI=1S/C10H19N3O/c14-8-10-12-4-1-7-13(10)9-2-5-11-6-3-9/h8-12H,1-7H2. The molecule has 0 aromatic carbocycles. The van der Waals surface area contributed by atoms with Gasteiger partial charge in [0.1, 0.15) is 6.17 Å². The molecule has 0 aliphatic carbocycles. The van der Waals surface area contributed by atoms with E-state index in [1.807, 2.05) is 0 Å². The van der Waals surface area contributed by atoms with Crippen molar-refractivity contribution in [3.8, 4) is 0 Å². The fraction of sp³-hybridized carbons (Fsp3) is 0.900. The van der Waals surface area contributed by atoms with Gasteiger partial charge in [-0.25, -0.2) is 0 Å². The van der Waals surface area contributed by atoms with E-state index in [9.17, 15) is 4.79 Å². The van der Waals surface area contributed by atoms with E-state index in [1.54, 1.807) is 0 Å². The number of hydrogen-bond acceptors (Lipinski definition) is 4. The molecule has 0 aromatic rings. The van der Waals surface area contributed by atoms with Gasteiger partial charge in [0.2, 0.25) is 0 Å². The van der Waals surface area contributed by atoms with Crippen molar-refractivity contribution in [1.82, 2.24) is 15.5 Å². The largest absolute Gasteiger partial charge is 0.317 e. The smallest absolute Gasteiger partial charge is 0.151 e. The Morgan fingerprint density at radius 1 is 1.21 bits per heavy atom. The lowest BCUT2D eigenvalue weighted by molar-refractivity contribution is -0.115. The lowest BCUT2D eigenvalue weighted by atomic mass is 10.0. The minimum absolute atomic E-state index is 0.0353. The first-order chi connectivity index (χ1) is 6.92. The van der Waals surface area contributed by atoms with Crippen LogP contribution in [-0.2, 0) is 4.79 Å². The van der Waals surface area contributed by atoms with Crippen LogP contribution < -0.4 is 10.6 Å². The van der Waals surface area contributed by atoms with Crippen LogP contribution in [0.25, 0.3) is 0 Å². The Hall–Kier alpha value is -0.450. The van der Waals surface area contributed by atoms with Gasteiger partial charge in [-0.15, -0.1) is 0 Å². The number of piperidine rings is 1. The van der Waals surface area contributed by atoms with Crippen LogP contribution >= 0.6 is 0 Å². The topological polar surface area (TPSA) is 44.4 Å². The van der Waals surface area contributed by atoms with E-state index >= 15 is 0 Å². The van der Waals surface area contributed by atoms with Gasteiger partial charge in [0, 0.05) is 12.6 Å². The quantitative estimate of drug-likeness (QED) is 0.589. The maximum atomic E-state index is 10.9. The van der Waals surface area contributed by atoms with Crippen molar-refractivity contribution >= 4 is 6.29 Å². The van der Waals surface area contributed by atoms with Crippen LogP contribution in [0.1, 0.15) is 19.3 Å². The van der Waals surface area contributed by atoms with E-state index in [-0.39, 0.29) is 6.17 Å². The van der Waals surface area contributed by atoms with Gasteiger partial charge in [-0.3, -0.25) is 10.2 Å². The highest BCUT2D eigenvalue weighted by molar-refractivity contribution is 5.57. The van der Waals surface area contributed by atoms with Crippen LogP contribution in [0.2, 0.25) is 0 Å². The summed E-state index contributed by atoms with van der Waals surface area (Å²) in [5.74, 6) is 0. The van der Waals surface area contributed by atoms with Crippen molar-refractivity contribution in [2.24, 2.45) is 0 Å². The van der Waals surface area contributed by atoms with E-state index in [0.29, 0.717) is 6.04 Å². The van der Waals surface area contributed by atoms with Gasteiger partial charge in [-0.05, 0) is 38.9 Å². The molecule has 4 nitrogen and oxygen atoms in total. The summed E-state index contributed by atoms with van der Waals surface area (Å²) >= 11 is 0. The van der Waals surface area contributed by atoms with Gasteiger partial charge in [0.25, 0.3) is 0 Å². The Balaban J connectivity index is 1.94. The minimum Gasteiger partial charge on any atom is -0.317 e. The van der Waals surface area contributed by atoms with Crippen LogP contribution in [0, 0.1) is 0 Å². The summed E-state index contributed by atoms with van der Waals surface area (Å²) in [5, 5.41) is 6.60. The van der Waals surface area contributed by atoms with Gasteiger partial charge < -0.3 is 10.1 Å². The molecule has 1 unspecified atom stereocenters.